The van der Waals surface area contributed by atoms with Gasteiger partial charge in [-0.3, -0.25) is 9.97 Å². The summed E-state index contributed by atoms with van der Waals surface area (Å²) >= 11 is 0. The van der Waals surface area contributed by atoms with Gasteiger partial charge in [0.25, 0.3) is 0 Å². The van der Waals surface area contributed by atoms with Crippen molar-refractivity contribution in [2.24, 2.45) is 0 Å². The Hall–Kier alpha value is -3.74. The monoisotopic (exact) mass is 367 g/mol. The van der Waals surface area contributed by atoms with Crippen LogP contribution in [0.3, 0.4) is 0 Å². The molecule has 0 spiro atoms. The lowest BCUT2D eigenvalue weighted by atomic mass is 10.1. The van der Waals surface area contributed by atoms with Gasteiger partial charge in [0.1, 0.15) is 0 Å². The van der Waals surface area contributed by atoms with E-state index in [2.05, 4.69) is 56.5 Å². The van der Waals surface area contributed by atoms with Crippen LogP contribution in [-0.2, 0) is 13.0 Å². The highest BCUT2D eigenvalue weighted by molar-refractivity contribution is 5.79. The van der Waals surface area contributed by atoms with Crippen LogP contribution < -0.4 is 0 Å². The molecule has 0 aliphatic heterocycles. The molecule has 0 unspecified atom stereocenters. The van der Waals surface area contributed by atoms with Gasteiger partial charge in [-0.15, -0.1) is 5.10 Å². The molecule has 0 aliphatic rings. The number of nitrogens with zero attached hydrogens (tertiary/aromatic N) is 7. The summed E-state index contributed by atoms with van der Waals surface area (Å²) in [7, 11) is 0. The number of hydrogen-bond donors (Lipinski definition) is 0. The highest BCUT2D eigenvalue weighted by Gasteiger charge is 2.10. The SMILES string of the molecule is Cc1ccnc(Cc2cnc3nnn(Cc4ccc5ncccc5c4)c3n2)c1. The van der Waals surface area contributed by atoms with E-state index in [-0.39, 0.29) is 0 Å². The number of aryl methyl sites for hydroxylation is 1. The second-order valence-corrected chi connectivity index (χ2v) is 6.79. The minimum atomic E-state index is 0.545. The quantitative estimate of drug-likeness (QED) is 0.485. The van der Waals surface area contributed by atoms with Crippen LogP contribution in [0.15, 0.2) is 61.1 Å². The van der Waals surface area contributed by atoms with Crippen LogP contribution >= 0.6 is 0 Å². The Labute approximate surface area is 161 Å². The zero-order chi connectivity index (χ0) is 18.9. The molecule has 0 N–H and O–H groups in total. The third kappa shape index (κ3) is 3.18. The molecule has 0 amide bonds. The van der Waals surface area contributed by atoms with Gasteiger partial charge in [-0.05, 0) is 48.4 Å². The normalized spacial score (nSPS) is 11.3. The second kappa shape index (κ2) is 6.77. The highest BCUT2D eigenvalue weighted by Crippen LogP contribution is 2.16. The predicted molar refractivity (Wildman–Crippen MR) is 106 cm³/mol. The molecular weight excluding hydrogens is 350 g/mol. The van der Waals surface area contributed by atoms with Crippen molar-refractivity contribution in [3.8, 4) is 0 Å². The topological polar surface area (TPSA) is 82.3 Å². The Kier molecular flexibility index (Phi) is 3.97. The van der Waals surface area contributed by atoms with Gasteiger partial charge in [-0.2, -0.15) is 0 Å². The van der Waals surface area contributed by atoms with Gasteiger partial charge in [0.15, 0.2) is 5.65 Å². The lowest BCUT2D eigenvalue weighted by molar-refractivity contribution is 0.663. The third-order valence-corrected chi connectivity index (χ3v) is 4.61. The van der Waals surface area contributed by atoms with E-state index in [1.165, 1.54) is 5.56 Å². The molecule has 1 aromatic carbocycles. The summed E-state index contributed by atoms with van der Waals surface area (Å²) in [6, 6.07) is 14.2. The van der Waals surface area contributed by atoms with E-state index >= 15 is 0 Å². The maximum Gasteiger partial charge on any atom is 0.221 e. The highest BCUT2D eigenvalue weighted by atomic mass is 15.4. The van der Waals surface area contributed by atoms with Crippen molar-refractivity contribution in [1.82, 2.24) is 34.9 Å². The van der Waals surface area contributed by atoms with E-state index in [1.54, 1.807) is 17.1 Å². The van der Waals surface area contributed by atoms with Crippen LogP contribution in [0.5, 0.6) is 0 Å². The molecule has 0 saturated heterocycles. The fourth-order valence-electron chi connectivity index (χ4n) is 3.26. The summed E-state index contributed by atoms with van der Waals surface area (Å²) in [5.41, 5.74) is 6.30. The number of hydrogen-bond acceptors (Lipinski definition) is 6. The van der Waals surface area contributed by atoms with Gasteiger partial charge < -0.3 is 0 Å². The number of rotatable bonds is 4. The molecule has 0 bridgehead atoms. The average molecular weight is 367 g/mol. The zero-order valence-electron chi connectivity index (χ0n) is 15.3. The van der Waals surface area contributed by atoms with Crippen molar-refractivity contribution in [3.05, 3.63) is 83.6 Å². The molecule has 7 heteroatoms. The molecule has 5 aromatic rings. The van der Waals surface area contributed by atoms with Gasteiger partial charge in [0, 0.05) is 29.9 Å². The first-order valence-electron chi connectivity index (χ1n) is 9.05. The molecule has 5 rings (SSSR count). The fourth-order valence-corrected chi connectivity index (χ4v) is 3.26. The molecule has 0 aliphatic carbocycles. The average Bonchev–Trinajstić information content (AvgIpc) is 3.10. The number of pyridine rings is 2. The van der Waals surface area contributed by atoms with Gasteiger partial charge in [-0.25, -0.2) is 14.6 Å². The Morgan fingerprint density at radius 2 is 1.89 bits per heavy atom. The molecule has 4 heterocycles. The predicted octanol–water partition coefficient (Wildman–Crippen LogP) is 3.11. The summed E-state index contributed by atoms with van der Waals surface area (Å²) in [4.78, 5) is 17.9. The van der Waals surface area contributed by atoms with E-state index < -0.39 is 0 Å². The molecule has 0 fully saturated rings. The molecule has 7 nitrogen and oxygen atoms in total. The summed E-state index contributed by atoms with van der Waals surface area (Å²) in [6.07, 6.45) is 5.98. The molecule has 28 heavy (non-hydrogen) atoms. The summed E-state index contributed by atoms with van der Waals surface area (Å²) in [5, 5.41) is 9.49. The van der Waals surface area contributed by atoms with Crippen LogP contribution in [0.4, 0.5) is 0 Å². The lowest BCUT2D eigenvalue weighted by Gasteiger charge is -2.05. The van der Waals surface area contributed by atoms with Crippen molar-refractivity contribution in [2.45, 2.75) is 19.9 Å². The molecular formula is C21H17N7. The van der Waals surface area contributed by atoms with Crippen molar-refractivity contribution < 1.29 is 0 Å². The standard InChI is InChI=1S/C21H17N7/c1-14-6-8-22-17(9-14)11-18-12-24-20-21(25-18)28(27-26-20)13-15-4-5-19-16(10-15)3-2-7-23-19/h2-10,12H,11,13H2,1H3. The number of benzene rings is 1. The minimum absolute atomic E-state index is 0.545. The van der Waals surface area contributed by atoms with E-state index in [1.807, 2.05) is 24.4 Å². The van der Waals surface area contributed by atoms with E-state index in [4.69, 9.17) is 4.98 Å². The number of aromatic nitrogens is 7. The Morgan fingerprint density at radius 3 is 2.82 bits per heavy atom. The maximum absolute atomic E-state index is 4.74. The summed E-state index contributed by atoms with van der Waals surface area (Å²) in [6.45, 7) is 2.63. The first kappa shape index (κ1) is 16.4. The number of fused-ring (bicyclic) bond motifs is 2. The van der Waals surface area contributed by atoms with Gasteiger partial charge in [0.2, 0.25) is 5.65 Å². The van der Waals surface area contributed by atoms with Gasteiger partial charge in [0.05, 0.1) is 24.0 Å². The van der Waals surface area contributed by atoms with E-state index in [0.29, 0.717) is 24.3 Å². The van der Waals surface area contributed by atoms with Crippen LogP contribution in [0, 0.1) is 6.92 Å². The maximum atomic E-state index is 4.74. The second-order valence-electron chi connectivity index (χ2n) is 6.79. The van der Waals surface area contributed by atoms with Crippen molar-refractivity contribution >= 4 is 22.2 Å². The van der Waals surface area contributed by atoms with Crippen LogP contribution in [0.25, 0.3) is 22.2 Å². The summed E-state index contributed by atoms with van der Waals surface area (Å²) in [5.74, 6) is 0. The molecule has 0 radical (unpaired) electrons. The van der Waals surface area contributed by atoms with Gasteiger partial charge in [-0.1, -0.05) is 17.3 Å². The van der Waals surface area contributed by atoms with E-state index in [9.17, 15) is 0 Å². The van der Waals surface area contributed by atoms with Crippen molar-refractivity contribution in [1.29, 1.82) is 0 Å². The van der Waals surface area contributed by atoms with Crippen molar-refractivity contribution in [2.75, 3.05) is 0 Å². The smallest absolute Gasteiger partial charge is 0.221 e. The Morgan fingerprint density at radius 1 is 0.929 bits per heavy atom. The van der Waals surface area contributed by atoms with Crippen molar-refractivity contribution in [3.63, 3.8) is 0 Å². The zero-order valence-corrected chi connectivity index (χ0v) is 15.3. The lowest BCUT2D eigenvalue weighted by Crippen LogP contribution is -2.05. The molecule has 136 valence electrons. The minimum Gasteiger partial charge on any atom is -0.261 e. The molecule has 4 aromatic heterocycles. The van der Waals surface area contributed by atoms with Crippen LogP contribution in [0.1, 0.15) is 22.5 Å². The summed E-state index contributed by atoms with van der Waals surface area (Å²) < 4.78 is 1.78. The Bertz CT molecular complexity index is 1290. The van der Waals surface area contributed by atoms with Gasteiger partial charge >= 0.3 is 0 Å². The molecule has 0 atom stereocenters. The largest absolute Gasteiger partial charge is 0.261 e. The van der Waals surface area contributed by atoms with Crippen LogP contribution in [-0.4, -0.2) is 34.9 Å². The van der Waals surface area contributed by atoms with E-state index in [0.717, 1.165) is 27.9 Å². The first-order valence-corrected chi connectivity index (χ1v) is 9.05. The van der Waals surface area contributed by atoms with Crippen LogP contribution in [0.2, 0.25) is 0 Å². The third-order valence-electron chi connectivity index (χ3n) is 4.61. The molecule has 0 saturated carbocycles. The first-order chi connectivity index (χ1) is 13.7. The fraction of sp³-hybridized carbons (Fsp3) is 0.143. The Balaban J connectivity index is 1.47.